The molecule has 2 aromatic carbocycles. The summed E-state index contributed by atoms with van der Waals surface area (Å²) in [5.41, 5.74) is 4.15. The average Bonchev–Trinajstić information content (AvgIpc) is 3.75. The van der Waals surface area contributed by atoms with Crippen molar-refractivity contribution in [2.75, 3.05) is 0 Å². The van der Waals surface area contributed by atoms with E-state index in [0.717, 1.165) is 60.8 Å². The van der Waals surface area contributed by atoms with Gasteiger partial charge in [0.25, 0.3) is 5.56 Å². The number of amides is 1. The number of aryl methyl sites for hydroxylation is 3. The van der Waals surface area contributed by atoms with Gasteiger partial charge in [-0.05, 0) is 116 Å². The number of nitrogens with zero attached hydrogens (tertiary/aromatic N) is 1. The molecule has 5 rings (SSSR count). The molecule has 0 unspecified atom stereocenters. The van der Waals surface area contributed by atoms with E-state index in [1.54, 1.807) is 31.3 Å². The van der Waals surface area contributed by atoms with E-state index in [0.29, 0.717) is 30.4 Å². The minimum absolute atomic E-state index is 0.0126. The van der Waals surface area contributed by atoms with E-state index >= 15 is 4.39 Å². The maximum Gasteiger partial charge on any atom is 0.305 e. The van der Waals surface area contributed by atoms with Crippen LogP contribution in [0.15, 0.2) is 47.4 Å². The van der Waals surface area contributed by atoms with Gasteiger partial charge >= 0.3 is 5.97 Å². The van der Waals surface area contributed by atoms with Crippen LogP contribution < -0.4 is 10.9 Å². The van der Waals surface area contributed by atoms with E-state index in [-0.39, 0.29) is 22.9 Å². The highest BCUT2D eigenvalue weighted by Gasteiger charge is 2.33. The quantitative estimate of drug-likeness (QED) is 0.348. The third kappa shape index (κ3) is 6.63. The number of hydrogen-bond donors (Lipinski definition) is 2. The normalized spacial score (nSPS) is 20.0. The van der Waals surface area contributed by atoms with E-state index in [1.807, 2.05) is 13.0 Å². The van der Waals surface area contributed by atoms with E-state index in [9.17, 15) is 23.9 Å². The molecule has 0 spiro atoms. The number of hydrogen-bond acceptors (Lipinski definition) is 3. The topological polar surface area (TPSA) is 88.4 Å². The first-order valence-corrected chi connectivity index (χ1v) is 15.0. The fraction of sp³-hybridized carbons (Fsp3) is 0.441. The monoisotopic (exact) mass is 576 g/mol. The van der Waals surface area contributed by atoms with Crippen molar-refractivity contribution in [3.63, 3.8) is 0 Å². The Morgan fingerprint density at radius 2 is 1.67 bits per heavy atom. The van der Waals surface area contributed by atoms with Gasteiger partial charge < -0.3 is 15.0 Å². The summed E-state index contributed by atoms with van der Waals surface area (Å²) >= 11 is 0. The fourth-order valence-corrected chi connectivity index (χ4v) is 6.29. The summed E-state index contributed by atoms with van der Waals surface area (Å²) in [7, 11) is 0. The molecule has 0 radical (unpaired) electrons. The van der Waals surface area contributed by atoms with Gasteiger partial charge in [0.1, 0.15) is 17.7 Å². The molecule has 42 heavy (non-hydrogen) atoms. The van der Waals surface area contributed by atoms with Gasteiger partial charge in [0.05, 0.1) is 12.5 Å². The summed E-state index contributed by atoms with van der Waals surface area (Å²) in [6.45, 7) is 3.63. The van der Waals surface area contributed by atoms with Crippen LogP contribution in [0.3, 0.4) is 0 Å². The Labute approximate surface area is 244 Å². The molecular weight excluding hydrogens is 538 g/mol. The molecule has 2 aliphatic rings. The van der Waals surface area contributed by atoms with Crippen LogP contribution in [0.2, 0.25) is 0 Å². The van der Waals surface area contributed by atoms with Crippen LogP contribution in [0.1, 0.15) is 104 Å². The molecule has 1 aliphatic carbocycles. The lowest BCUT2D eigenvalue weighted by atomic mass is 9.87. The van der Waals surface area contributed by atoms with E-state index < -0.39 is 36.2 Å². The second-order valence-electron chi connectivity index (χ2n) is 11.9. The van der Waals surface area contributed by atoms with Gasteiger partial charge in [-0.25, -0.2) is 8.78 Å². The number of halogens is 2. The lowest BCUT2D eigenvalue weighted by Crippen LogP contribution is -2.39. The molecule has 2 bridgehead atoms. The number of fused-ring (bicyclic) bond motifs is 4. The van der Waals surface area contributed by atoms with E-state index in [1.165, 1.54) is 16.7 Å². The minimum Gasteiger partial charge on any atom is -0.481 e. The van der Waals surface area contributed by atoms with Crippen LogP contribution in [0.4, 0.5) is 8.78 Å². The molecule has 1 aromatic heterocycles. The van der Waals surface area contributed by atoms with Crippen molar-refractivity contribution >= 4 is 11.9 Å². The van der Waals surface area contributed by atoms with Gasteiger partial charge in [-0.3, -0.25) is 14.4 Å². The zero-order chi connectivity index (χ0) is 30.0. The summed E-state index contributed by atoms with van der Waals surface area (Å²) in [5, 5.41) is 12.6. The Kier molecular flexibility index (Phi) is 8.90. The molecule has 1 fully saturated rings. The van der Waals surface area contributed by atoms with Crippen molar-refractivity contribution in [3.05, 3.63) is 92.4 Å². The molecule has 2 N–H and O–H groups in total. The van der Waals surface area contributed by atoms with Crippen molar-refractivity contribution in [2.24, 2.45) is 0 Å². The zero-order valence-corrected chi connectivity index (χ0v) is 24.2. The number of aromatic nitrogens is 1. The van der Waals surface area contributed by atoms with Gasteiger partial charge in [0.15, 0.2) is 0 Å². The predicted molar refractivity (Wildman–Crippen MR) is 158 cm³/mol. The number of aliphatic carboxylic acids is 1. The summed E-state index contributed by atoms with van der Waals surface area (Å²) in [6.07, 6.45) is 7.99. The van der Waals surface area contributed by atoms with Crippen molar-refractivity contribution in [1.82, 2.24) is 9.88 Å². The van der Waals surface area contributed by atoms with Gasteiger partial charge in [-0.2, -0.15) is 0 Å². The van der Waals surface area contributed by atoms with E-state index in [2.05, 4.69) is 5.32 Å². The highest BCUT2D eigenvalue weighted by Crippen LogP contribution is 2.45. The molecule has 2 heterocycles. The third-order valence-corrected chi connectivity index (χ3v) is 8.55. The van der Waals surface area contributed by atoms with Crippen LogP contribution in [0.5, 0.6) is 0 Å². The molecule has 1 amide bonds. The first kappa shape index (κ1) is 29.7. The number of carbonyl (C=O) groups is 2. The average molecular weight is 577 g/mol. The van der Waals surface area contributed by atoms with Crippen LogP contribution >= 0.6 is 0 Å². The lowest BCUT2D eigenvalue weighted by Gasteiger charge is -2.26. The molecule has 3 aromatic rings. The highest BCUT2D eigenvalue weighted by atomic mass is 19.1. The number of nitrogens with one attached hydrogen (secondary N) is 1. The molecule has 6 nitrogen and oxygen atoms in total. The molecule has 1 saturated carbocycles. The maximum absolute atomic E-state index is 16.2. The highest BCUT2D eigenvalue weighted by molar-refractivity contribution is 5.82. The Hall–Kier alpha value is -3.81. The standard InChI is InChI=1S/C34H38F2N2O4/c1-20-12-13-38(30(39)14-20)29-9-7-5-3-4-6-8-23-16-25(35)15-21(2)32(23)24-17-26(22-10-11-22)33(36)27(18-24)28(19-31(40)41)37-34(29)42/h12-18,22,28-29H,3-11,19H2,1-2H3,(H,37,42)(H,40,41)/t28-,29-/m0/s1. The number of carboxylic acid groups (broad SMARTS) is 1. The lowest BCUT2D eigenvalue weighted by molar-refractivity contribution is -0.138. The molecule has 1 aliphatic heterocycles. The van der Waals surface area contributed by atoms with Crippen molar-refractivity contribution in [3.8, 4) is 11.1 Å². The smallest absolute Gasteiger partial charge is 0.305 e. The number of rotatable bonds is 4. The molecular formula is C34H38F2N2O4. The molecule has 8 heteroatoms. The third-order valence-electron chi connectivity index (χ3n) is 8.55. The summed E-state index contributed by atoms with van der Waals surface area (Å²) < 4.78 is 32.2. The number of carbonyl (C=O) groups excluding carboxylic acids is 1. The van der Waals surface area contributed by atoms with E-state index in [4.69, 9.17) is 0 Å². The Balaban J connectivity index is 1.66. The van der Waals surface area contributed by atoms with Gasteiger partial charge in [0, 0.05) is 17.8 Å². The summed E-state index contributed by atoms with van der Waals surface area (Å²) in [4.78, 5) is 38.8. The Bertz CT molecular complexity index is 1560. The van der Waals surface area contributed by atoms with Crippen LogP contribution in [-0.4, -0.2) is 21.6 Å². The van der Waals surface area contributed by atoms with Crippen molar-refractivity contribution < 1.29 is 23.5 Å². The maximum atomic E-state index is 16.2. The summed E-state index contributed by atoms with van der Waals surface area (Å²) in [6, 6.07) is 7.67. The van der Waals surface area contributed by atoms with Crippen LogP contribution in [0, 0.1) is 25.5 Å². The fourth-order valence-electron chi connectivity index (χ4n) is 6.29. The number of carboxylic acids is 1. The SMILES string of the molecule is Cc1ccn([C@H]2CCCCCCCc3cc(F)cc(C)c3-c3cc(C4CC4)c(F)c(c3)[C@H](CC(=O)O)NC2=O)c(=O)c1. The second-order valence-corrected chi connectivity index (χ2v) is 11.9. The van der Waals surface area contributed by atoms with Gasteiger partial charge in [-0.1, -0.05) is 25.7 Å². The minimum atomic E-state index is -1.19. The van der Waals surface area contributed by atoms with Crippen molar-refractivity contribution in [1.29, 1.82) is 0 Å². The van der Waals surface area contributed by atoms with Gasteiger partial charge in [0.2, 0.25) is 5.91 Å². The Morgan fingerprint density at radius 1 is 0.952 bits per heavy atom. The van der Waals surface area contributed by atoms with Crippen LogP contribution in [-0.2, 0) is 16.0 Å². The first-order chi connectivity index (χ1) is 20.1. The molecule has 0 saturated heterocycles. The number of pyridine rings is 1. The molecule has 222 valence electrons. The predicted octanol–water partition coefficient (Wildman–Crippen LogP) is 7.06. The Morgan fingerprint density at radius 3 is 2.38 bits per heavy atom. The van der Waals surface area contributed by atoms with Crippen LogP contribution in [0.25, 0.3) is 11.1 Å². The summed E-state index contributed by atoms with van der Waals surface area (Å²) in [5.74, 6) is -2.53. The van der Waals surface area contributed by atoms with Crippen molar-refractivity contribution in [2.45, 2.75) is 96.1 Å². The number of benzene rings is 2. The first-order valence-electron chi connectivity index (χ1n) is 15.0. The second kappa shape index (κ2) is 12.6. The van der Waals surface area contributed by atoms with Gasteiger partial charge in [-0.15, -0.1) is 0 Å². The zero-order valence-electron chi connectivity index (χ0n) is 24.2. The largest absolute Gasteiger partial charge is 0.481 e. The molecule has 2 atom stereocenters.